The van der Waals surface area contributed by atoms with E-state index in [-0.39, 0.29) is 0 Å². The third kappa shape index (κ3) is 4.52. The second-order valence-corrected chi connectivity index (χ2v) is 5.67. The van der Waals surface area contributed by atoms with Crippen LogP contribution in [0.1, 0.15) is 46.5 Å². The van der Waals surface area contributed by atoms with E-state index in [1.807, 2.05) is 0 Å². The summed E-state index contributed by atoms with van der Waals surface area (Å²) in [7, 11) is 2.08. The molecule has 1 fully saturated rings. The van der Waals surface area contributed by atoms with Crippen molar-refractivity contribution in [1.82, 2.24) is 10.2 Å². The summed E-state index contributed by atoms with van der Waals surface area (Å²) in [5.41, 5.74) is 0.528. The lowest BCUT2D eigenvalue weighted by atomic mass is 9.86. The zero-order valence-electron chi connectivity index (χ0n) is 11.0. The predicted octanol–water partition coefficient (Wildman–Crippen LogP) is 2.50. The molecule has 0 aromatic rings. The first-order valence-electron chi connectivity index (χ1n) is 6.47. The molecule has 0 amide bonds. The molecular weight excluding hydrogens is 184 g/mol. The molecule has 0 aromatic heterocycles. The second-order valence-electron chi connectivity index (χ2n) is 5.67. The van der Waals surface area contributed by atoms with E-state index in [4.69, 9.17) is 0 Å². The Labute approximate surface area is 95.4 Å². The molecule has 0 aliphatic carbocycles. The monoisotopic (exact) mass is 212 g/mol. The van der Waals surface area contributed by atoms with Crippen LogP contribution in [0.4, 0.5) is 0 Å². The summed E-state index contributed by atoms with van der Waals surface area (Å²) < 4.78 is 0. The van der Waals surface area contributed by atoms with Gasteiger partial charge >= 0.3 is 0 Å². The SMILES string of the molecule is CCC(C)(C)CCN1CCC(NC)CC1. The number of nitrogens with one attached hydrogen (secondary N) is 1. The normalized spacial score (nSPS) is 20.8. The van der Waals surface area contributed by atoms with Gasteiger partial charge in [0.1, 0.15) is 0 Å². The van der Waals surface area contributed by atoms with Gasteiger partial charge in [0.2, 0.25) is 0 Å². The number of hydrogen-bond acceptors (Lipinski definition) is 2. The van der Waals surface area contributed by atoms with E-state index >= 15 is 0 Å². The van der Waals surface area contributed by atoms with Crippen LogP contribution in [0.25, 0.3) is 0 Å². The molecule has 0 unspecified atom stereocenters. The Kier molecular flexibility index (Phi) is 5.07. The van der Waals surface area contributed by atoms with Crippen molar-refractivity contribution in [3.05, 3.63) is 0 Å². The Morgan fingerprint density at radius 3 is 2.33 bits per heavy atom. The minimum atomic E-state index is 0.528. The highest BCUT2D eigenvalue weighted by Crippen LogP contribution is 2.25. The van der Waals surface area contributed by atoms with Crippen LogP contribution in [0, 0.1) is 5.41 Å². The van der Waals surface area contributed by atoms with Crippen LogP contribution in [0.2, 0.25) is 0 Å². The molecule has 15 heavy (non-hydrogen) atoms. The zero-order chi connectivity index (χ0) is 11.3. The van der Waals surface area contributed by atoms with Crippen molar-refractivity contribution < 1.29 is 0 Å². The molecule has 2 nitrogen and oxygen atoms in total. The van der Waals surface area contributed by atoms with E-state index in [9.17, 15) is 0 Å². The quantitative estimate of drug-likeness (QED) is 0.753. The van der Waals surface area contributed by atoms with E-state index in [1.54, 1.807) is 0 Å². The minimum absolute atomic E-state index is 0.528. The molecule has 90 valence electrons. The number of likely N-dealkylation sites (tertiary alicyclic amines) is 1. The minimum Gasteiger partial charge on any atom is -0.317 e. The molecule has 1 saturated heterocycles. The van der Waals surface area contributed by atoms with Gasteiger partial charge in [-0.1, -0.05) is 27.2 Å². The van der Waals surface area contributed by atoms with Crippen molar-refractivity contribution in [2.75, 3.05) is 26.7 Å². The Balaban J connectivity index is 2.19. The van der Waals surface area contributed by atoms with Crippen molar-refractivity contribution in [3.63, 3.8) is 0 Å². The van der Waals surface area contributed by atoms with Crippen LogP contribution in [0.15, 0.2) is 0 Å². The standard InChI is InChI=1S/C13H28N2/c1-5-13(2,3)8-11-15-9-6-12(14-4)7-10-15/h12,14H,5-11H2,1-4H3. The van der Waals surface area contributed by atoms with Gasteiger partial charge in [-0.25, -0.2) is 0 Å². The van der Waals surface area contributed by atoms with E-state index < -0.39 is 0 Å². The predicted molar refractivity (Wildman–Crippen MR) is 67.2 cm³/mol. The van der Waals surface area contributed by atoms with Gasteiger partial charge in [0, 0.05) is 6.04 Å². The topological polar surface area (TPSA) is 15.3 Å². The summed E-state index contributed by atoms with van der Waals surface area (Å²) >= 11 is 0. The fourth-order valence-electron chi connectivity index (χ4n) is 2.08. The summed E-state index contributed by atoms with van der Waals surface area (Å²) in [5.74, 6) is 0. The van der Waals surface area contributed by atoms with Crippen LogP contribution in [0.3, 0.4) is 0 Å². The first-order valence-corrected chi connectivity index (χ1v) is 6.47. The van der Waals surface area contributed by atoms with Crippen LogP contribution in [-0.4, -0.2) is 37.6 Å². The van der Waals surface area contributed by atoms with Crippen molar-refractivity contribution in [2.45, 2.75) is 52.5 Å². The van der Waals surface area contributed by atoms with Crippen molar-refractivity contribution >= 4 is 0 Å². The highest BCUT2D eigenvalue weighted by atomic mass is 15.1. The largest absolute Gasteiger partial charge is 0.317 e. The Morgan fingerprint density at radius 2 is 1.87 bits per heavy atom. The van der Waals surface area contributed by atoms with Gasteiger partial charge in [-0.15, -0.1) is 0 Å². The van der Waals surface area contributed by atoms with Crippen molar-refractivity contribution in [2.24, 2.45) is 5.41 Å². The van der Waals surface area contributed by atoms with Crippen LogP contribution >= 0.6 is 0 Å². The maximum Gasteiger partial charge on any atom is 0.00884 e. The Hall–Kier alpha value is -0.0800. The average Bonchev–Trinajstić information content (AvgIpc) is 2.27. The first-order chi connectivity index (χ1) is 7.07. The maximum atomic E-state index is 3.38. The fraction of sp³-hybridized carbons (Fsp3) is 1.00. The van der Waals surface area contributed by atoms with Crippen LogP contribution in [0.5, 0.6) is 0 Å². The highest BCUT2D eigenvalue weighted by molar-refractivity contribution is 4.77. The second kappa shape index (κ2) is 5.86. The highest BCUT2D eigenvalue weighted by Gasteiger charge is 2.20. The molecule has 0 atom stereocenters. The van der Waals surface area contributed by atoms with Gasteiger partial charge in [-0.3, -0.25) is 0 Å². The smallest absolute Gasteiger partial charge is 0.00884 e. The van der Waals surface area contributed by atoms with E-state index in [0.29, 0.717) is 5.41 Å². The first kappa shape index (κ1) is 13.0. The number of piperidine rings is 1. The fourth-order valence-corrected chi connectivity index (χ4v) is 2.08. The summed E-state index contributed by atoms with van der Waals surface area (Å²) in [4.78, 5) is 2.63. The number of rotatable bonds is 5. The van der Waals surface area contributed by atoms with Gasteiger partial charge in [0.25, 0.3) is 0 Å². The molecule has 0 saturated carbocycles. The molecule has 1 N–H and O–H groups in total. The molecule has 2 heteroatoms. The molecule has 0 spiro atoms. The van der Waals surface area contributed by atoms with Gasteiger partial charge in [0.05, 0.1) is 0 Å². The molecule has 0 aromatic carbocycles. The lowest BCUT2D eigenvalue weighted by molar-refractivity contribution is 0.170. The molecular formula is C13H28N2. The molecule has 1 heterocycles. The maximum absolute atomic E-state index is 3.38. The van der Waals surface area contributed by atoms with Gasteiger partial charge in [0.15, 0.2) is 0 Å². The lowest BCUT2D eigenvalue weighted by Gasteiger charge is -2.34. The number of nitrogens with zero attached hydrogens (tertiary/aromatic N) is 1. The molecule has 1 rings (SSSR count). The Morgan fingerprint density at radius 1 is 1.27 bits per heavy atom. The van der Waals surface area contributed by atoms with Crippen molar-refractivity contribution in [3.8, 4) is 0 Å². The third-order valence-electron chi connectivity index (χ3n) is 4.06. The molecule has 0 bridgehead atoms. The van der Waals surface area contributed by atoms with Gasteiger partial charge < -0.3 is 10.2 Å². The molecule has 1 aliphatic heterocycles. The summed E-state index contributed by atoms with van der Waals surface area (Å²) in [6.45, 7) is 10.9. The van der Waals surface area contributed by atoms with Gasteiger partial charge in [-0.05, 0) is 51.4 Å². The van der Waals surface area contributed by atoms with E-state index in [0.717, 1.165) is 6.04 Å². The van der Waals surface area contributed by atoms with E-state index in [1.165, 1.54) is 45.3 Å². The Bertz CT molecular complexity index is 169. The summed E-state index contributed by atoms with van der Waals surface area (Å²) in [6.07, 6.45) is 5.28. The van der Waals surface area contributed by atoms with Crippen LogP contribution in [-0.2, 0) is 0 Å². The molecule has 0 radical (unpaired) electrons. The van der Waals surface area contributed by atoms with Crippen LogP contribution < -0.4 is 5.32 Å². The van der Waals surface area contributed by atoms with Gasteiger partial charge in [-0.2, -0.15) is 0 Å². The van der Waals surface area contributed by atoms with E-state index in [2.05, 4.69) is 38.0 Å². The summed E-state index contributed by atoms with van der Waals surface area (Å²) in [6, 6.07) is 0.764. The lowest BCUT2D eigenvalue weighted by Crippen LogP contribution is -2.42. The third-order valence-corrected chi connectivity index (χ3v) is 4.06. The number of hydrogen-bond donors (Lipinski definition) is 1. The summed E-state index contributed by atoms with van der Waals surface area (Å²) in [5, 5.41) is 3.38. The average molecular weight is 212 g/mol. The van der Waals surface area contributed by atoms with Crippen molar-refractivity contribution in [1.29, 1.82) is 0 Å². The zero-order valence-corrected chi connectivity index (χ0v) is 11.0. The molecule has 1 aliphatic rings.